The second kappa shape index (κ2) is 9.87. The minimum absolute atomic E-state index is 0.00789. The fourth-order valence-corrected chi connectivity index (χ4v) is 4.71. The van der Waals surface area contributed by atoms with E-state index in [-0.39, 0.29) is 28.3 Å². The Bertz CT molecular complexity index is 1550. The van der Waals surface area contributed by atoms with Crippen LogP contribution in [-0.2, 0) is 11.3 Å². The maximum absolute atomic E-state index is 15.6. The predicted molar refractivity (Wildman–Crippen MR) is 141 cm³/mol. The normalized spacial score (nSPS) is 14.1. The SMILES string of the molecule is Cc1c[nH]c(=O)c2ccc(-c3nc(-c4cc(CN(C)C)c(N5CCOCC5)cc4F)c(F)nc3N)cc12. The van der Waals surface area contributed by atoms with Crippen molar-refractivity contribution in [1.29, 1.82) is 0 Å². The molecule has 37 heavy (non-hydrogen) atoms. The van der Waals surface area contributed by atoms with Gasteiger partial charge in [0, 0.05) is 48.0 Å². The summed E-state index contributed by atoms with van der Waals surface area (Å²) in [4.78, 5) is 27.3. The highest BCUT2D eigenvalue weighted by molar-refractivity contribution is 5.90. The molecule has 0 radical (unpaired) electrons. The second-order valence-electron chi connectivity index (χ2n) is 9.46. The van der Waals surface area contributed by atoms with Gasteiger partial charge in [-0.3, -0.25) is 4.79 Å². The van der Waals surface area contributed by atoms with E-state index >= 15 is 8.78 Å². The maximum Gasteiger partial charge on any atom is 0.255 e. The highest BCUT2D eigenvalue weighted by Crippen LogP contribution is 2.35. The molecule has 0 spiro atoms. The zero-order valence-electron chi connectivity index (χ0n) is 20.9. The second-order valence-corrected chi connectivity index (χ2v) is 9.46. The van der Waals surface area contributed by atoms with Gasteiger partial charge in [-0.15, -0.1) is 0 Å². The molecule has 0 atom stereocenters. The molecule has 1 aliphatic rings. The van der Waals surface area contributed by atoms with Gasteiger partial charge < -0.3 is 25.3 Å². The van der Waals surface area contributed by atoms with E-state index < -0.39 is 11.8 Å². The minimum atomic E-state index is -0.955. The van der Waals surface area contributed by atoms with Gasteiger partial charge in [0.15, 0.2) is 5.82 Å². The van der Waals surface area contributed by atoms with Crippen LogP contribution in [0.25, 0.3) is 33.3 Å². The number of anilines is 2. The maximum atomic E-state index is 15.6. The Kier molecular flexibility index (Phi) is 6.61. The Hall–Kier alpha value is -3.89. The Morgan fingerprint density at radius 3 is 2.57 bits per heavy atom. The first kappa shape index (κ1) is 24.8. The number of aromatic nitrogens is 3. The molecule has 3 N–H and O–H groups in total. The van der Waals surface area contributed by atoms with E-state index in [0.717, 1.165) is 16.8 Å². The molecule has 10 heteroatoms. The monoisotopic (exact) mass is 506 g/mol. The molecule has 8 nitrogen and oxygen atoms in total. The van der Waals surface area contributed by atoms with Crippen LogP contribution in [0.5, 0.6) is 0 Å². The van der Waals surface area contributed by atoms with Crippen molar-refractivity contribution in [2.75, 3.05) is 51.0 Å². The quantitative estimate of drug-likeness (QED) is 0.426. The van der Waals surface area contributed by atoms with E-state index in [1.165, 1.54) is 6.07 Å². The largest absolute Gasteiger partial charge is 0.382 e. The molecule has 1 fully saturated rings. The van der Waals surface area contributed by atoms with Crippen molar-refractivity contribution < 1.29 is 13.5 Å². The van der Waals surface area contributed by atoms with Crippen LogP contribution in [0, 0.1) is 18.7 Å². The molecule has 0 bridgehead atoms. The van der Waals surface area contributed by atoms with Gasteiger partial charge in [-0.05, 0) is 61.8 Å². The van der Waals surface area contributed by atoms with Crippen molar-refractivity contribution in [3.8, 4) is 22.5 Å². The molecular formula is C27H28F2N6O2. The number of pyridine rings is 1. The van der Waals surface area contributed by atoms with Gasteiger partial charge in [-0.2, -0.15) is 9.37 Å². The number of nitrogens with zero attached hydrogens (tertiary/aromatic N) is 4. The topological polar surface area (TPSA) is 100 Å². The number of nitrogen functional groups attached to an aromatic ring is 1. The molecule has 0 aliphatic carbocycles. The molecule has 4 aromatic rings. The summed E-state index contributed by atoms with van der Waals surface area (Å²) >= 11 is 0. The van der Waals surface area contributed by atoms with Crippen molar-refractivity contribution >= 4 is 22.3 Å². The summed E-state index contributed by atoms with van der Waals surface area (Å²) in [6, 6.07) is 8.17. The third kappa shape index (κ3) is 4.77. The molecule has 2 aromatic carbocycles. The molecule has 2 aromatic heterocycles. The van der Waals surface area contributed by atoms with Crippen LogP contribution in [-0.4, -0.2) is 60.3 Å². The van der Waals surface area contributed by atoms with Crippen molar-refractivity contribution in [2.24, 2.45) is 0 Å². The first-order chi connectivity index (χ1) is 17.7. The number of halogens is 2. The number of nitrogens with two attached hydrogens (primary N) is 1. The number of rotatable bonds is 5. The van der Waals surface area contributed by atoms with Crippen molar-refractivity contribution in [3.63, 3.8) is 0 Å². The smallest absolute Gasteiger partial charge is 0.255 e. The van der Waals surface area contributed by atoms with Crippen molar-refractivity contribution in [1.82, 2.24) is 19.9 Å². The van der Waals surface area contributed by atoms with E-state index in [4.69, 9.17) is 10.5 Å². The molecule has 3 heterocycles. The van der Waals surface area contributed by atoms with Crippen LogP contribution in [0.3, 0.4) is 0 Å². The van der Waals surface area contributed by atoms with E-state index in [1.807, 2.05) is 25.9 Å². The minimum Gasteiger partial charge on any atom is -0.382 e. The van der Waals surface area contributed by atoms with Crippen LogP contribution >= 0.6 is 0 Å². The molecule has 0 amide bonds. The van der Waals surface area contributed by atoms with Gasteiger partial charge in [0.25, 0.3) is 5.56 Å². The lowest BCUT2D eigenvalue weighted by Gasteiger charge is -2.31. The average Bonchev–Trinajstić information content (AvgIpc) is 2.87. The molecule has 1 saturated heterocycles. The summed E-state index contributed by atoms with van der Waals surface area (Å²) in [6.45, 7) is 4.79. The summed E-state index contributed by atoms with van der Waals surface area (Å²) in [5.41, 5.74) is 8.82. The van der Waals surface area contributed by atoms with E-state index in [1.54, 1.807) is 30.5 Å². The Balaban J connectivity index is 1.65. The third-order valence-electron chi connectivity index (χ3n) is 6.52. The molecule has 0 unspecified atom stereocenters. The lowest BCUT2D eigenvalue weighted by atomic mass is 10.0. The number of hydrogen-bond donors (Lipinski definition) is 2. The van der Waals surface area contributed by atoms with E-state index in [9.17, 15) is 4.79 Å². The molecule has 192 valence electrons. The van der Waals surface area contributed by atoms with Gasteiger partial charge in [0.05, 0.1) is 13.2 Å². The first-order valence-electron chi connectivity index (χ1n) is 12.0. The van der Waals surface area contributed by atoms with Crippen molar-refractivity contribution in [3.05, 3.63) is 69.8 Å². The molecule has 5 rings (SSSR count). The number of morpholine rings is 1. The number of aryl methyl sites for hydroxylation is 1. The summed E-state index contributed by atoms with van der Waals surface area (Å²) in [5, 5.41) is 1.22. The molecule has 0 saturated carbocycles. The van der Waals surface area contributed by atoms with Gasteiger partial charge in [-0.1, -0.05) is 6.07 Å². The number of ether oxygens (including phenoxy) is 1. The van der Waals surface area contributed by atoms with Crippen LogP contribution < -0.4 is 16.2 Å². The summed E-state index contributed by atoms with van der Waals surface area (Å²) in [6.07, 6.45) is 1.62. The summed E-state index contributed by atoms with van der Waals surface area (Å²) in [5.74, 6) is -1.68. The number of hydrogen-bond acceptors (Lipinski definition) is 7. The predicted octanol–water partition coefficient (Wildman–Crippen LogP) is 3.72. The van der Waals surface area contributed by atoms with Gasteiger partial charge in [0.2, 0.25) is 5.95 Å². The molecular weight excluding hydrogens is 478 g/mol. The Morgan fingerprint density at radius 1 is 1.08 bits per heavy atom. The molecule has 1 aliphatic heterocycles. The average molecular weight is 507 g/mol. The zero-order valence-corrected chi connectivity index (χ0v) is 20.9. The fourth-order valence-electron chi connectivity index (χ4n) is 4.71. The summed E-state index contributed by atoms with van der Waals surface area (Å²) in [7, 11) is 3.83. The lowest BCUT2D eigenvalue weighted by molar-refractivity contribution is 0.122. The highest BCUT2D eigenvalue weighted by Gasteiger charge is 2.23. The number of nitrogens with one attached hydrogen (secondary N) is 1. The number of fused-ring (bicyclic) bond motifs is 1. The van der Waals surface area contributed by atoms with Crippen LogP contribution in [0.15, 0.2) is 41.3 Å². The summed E-state index contributed by atoms with van der Waals surface area (Å²) < 4.78 is 36.1. The standard InChI is InChI=1S/C27H28F2N6O2/c1-15-13-31-27(36)18-5-4-16(10-19(15)18)23-26(30)33-25(29)24(32-23)20-11-17(14-34(2)3)22(12-21(20)28)35-6-8-37-9-7-35/h4-5,10-13H,6-9,14H2,1-3H3,(H2,30,33)(H,31,36). The van der Waals surface area contributed by atoms with E-state index in [0.29, 0.717) is 49.2 Å². The van der Waals surface area contributed by atoms with Crippen LogP contribution in [0.2, 0.25) is 0 Å². The van der Waals surface area contributed by atoms with Gasteiger partial charge in [-0.25, -0.2) is 9.37 Å². The van der Waals surface area contributed by atoms with Gasteiger partial charge in [0.1, 0.15) is 17.2 Å². The van der Waals surface area contributed by atoms with E-state index in [2.05, 4.69) is 19.9 Å². The number of aromatic amines is 1. The van der Waals surface area contributed by atoms with Gasteiger partial charge >= 0.3 is 0 Å². The third-order valence-corrected chi connectivity index (χ3v) is 6.52. The lowest BCUT2D eigenvalue weighted by Crippen LogP contribution is -2.37. The Morgan fingerprint density at radius 2 is 1.84 bits per heavy atom. The Labute approximate surface area is 212 Å². The highest BCUT2D eigenvalue weighted by atomic mass is 19.1. The van der Waals surface area contributed by atoms with Crippen LogP contribution in [0.4, 0.5) is 20.3 Å². The zero-order chi connectivity index (χ0) is 26.3. The fraction of sp³-hybridized carbons (Fsp3) is 0.296. The van der Waals surface area contributed by atoms with Crippen molar-refractivity contribution in [2.45, 2.75) is 13.5 Å². The number of benzene rings is 2. The number of H-pyrrole nitrogens is 1. The van der Waals surface area contributed by atoms with Crippen LogP contribution in [0.1, 0.15) is 11.1 Å². The first-order valence-corrected chi connectivity index (χ1v) is 12.0.